The topological polar surface area (TPSA) is 75.8 Å². The lowest BCUT2D eigenvalue weighted by Gasteiger charge is -2.32. The number of ether oxygens (including phenoxy) is 1. The van der Waals surface area contributed by atoms with E-state index in [1.807, 2.05) is 4.90 Å². The molecule has 6 heteroatoms. The number of piperidine rings is 1. The molecule has 2 rings (SSSR count). The molecule has 0 atom stereocenters. The van der Waals surface area contributed by atoms with E-state index in [4.69, 9.17) is 15.6 Å². The van der Waals surface area contributed by atoms with E-state index >= 15 is 0 Å². The van der Waals surface area contributed by atoms with Crippen LogP contribution in [0.4, 0.5) is 5.69 Å². The minimum Gasteiger partial charge on any atom is -0.399 e. The van der Waals surface area contributed by atoms with Crippen LogP contribution in [0.3, 0.4) is 0 Å². The lowest BCUT2D eigenvalue weighted by atomic mass is 10.1. The number of nitrogens with zero attached hydrogens (tertiary/aromatic N) is 1. The van der Waals surface area contributed by atoms with Crippen molar-refractivity contribution < 1.29 is 14.6 Å². The predicted molar refractivity (Wildman–Crippen MR) is 80.5 cm³/mol. The van der Waals surface area contributed by atoms with Crippen molar-refractivity contribution in [3.8, 4) is 0 Å². The number of amides is 1. The summed E-state index contributed by atoms with van der Waals surface area (Å²) < 4.78 is 6.30. The molecule has 1 heterocycles. The molecule has 1 aliphatic rings. The van der Waals surface area contributed by atoms with Gasteiger partial charge >= 0.3 is 0 Å². The van der Waals surface area contributed by atoms with Gasteiger partial charge in [-0.3, -0.25) is 4.79 Å². The Kier molecular flexibility index (Phi) is 5.39. The van der Waals surface area contributed by atoms with Crippen LogP contribution in [0.25, 0.3) is 0 Å². The average Bonchev–Trinajstić information content (AvgIpc) is 2.44. The van der Waals surface area contributed by atoms with Gasteiger partial charge in [-0.2, -0.15) is 0 Å². The fourth-order valence-electron chi connectivity index (χ4n) is 2.36. The number of rotatable bonds is 4. The maximum absolute atomic E-state index is 12.4. The molecular formula is C14H19BrN2O3. The fraction of sp³-hybridized carbons (Fsp3) is 0.500. The van der Waals surface area contributed by atoms with E-state index in [0.29, 0.717) is 30.9 Å². The van der Waals surface area contributed by atoms with Crippen LogP contribution >= 0.6 is 15.9 Å². The molecule has 1 aromatic carbocycles. The number of likely N-dealkylation sites (tertiary alicyclic amines) is 1. The van der Waals surface area contributed by atoms with Crippen LogP contribution in [-0.2, 0) is 4.74 Å². The second kappa shape index (κ2) is 7.06. The molecule has 0 aromatic heterocycles. The van der Waals surface area contributed by atoms with Crippen LogP contribution in [0.15, 0.2) is 22.7 Å². The number of aliphatic hydroxyl groups is 1. The number of carbonyl (C=O) groups is 1. The first-order valence-electron chi connectivity index (χ1n) is 6.68. The van der Waals surface area contributed by atoms with Crippen molar-refractivity contribution in [1.82, 2.24) is 4.90 Å². The highest BCUT2D eigenvalue weighted by Gasteiger charge is 2.24. The number of hydrogen-bond donors (Lipinski definition) is 2. The Balaban J connectivity index is 1.94. The Morgan fingerprint density at radius 1 is 1.40 bits per heavy atom. The van der Waals surface area contributed by atoms with E-state index in [1.54, 1.807) is 18.2 Å². The zero-order valence-electron chi connectivity index (χ0n) is 11.2. The van der Waals surface area contributed by atoms with E-state index in [-0.39, 0.29) is 18.6 Å². The van der Waals surface area contributed by atoms with Crippen LogP contribution in [0.1, 0.15) is 23.2 Å². The summed E-state index contributed by atoms with van der Waals surface area (Å²) in [5.74, 6) is -0.00129. The van der Waals surface area contributed by atoms with Gasteiger partial charge in [-0.05, 0) is 31.0 Å². The standard InChI is InChI=1S/C14H19BrN2O3/c15-11-7-10(8-12(16)9-11)14(19)17-3-1-13(2-4-17)20-6-5-18/h7-9,13,18H,1-6,16H2. The molecule has 1 aromatic rings. The summed E-state index contributed by atoms with van der Waals surface area (Å²) in [4.78, 5) is 14.2. The molecule has 5 nitrogen and oxygen atoms in total. The van der Waals surface area contributed by atoms with Crippen molar-refractivity contribution in [1.29, 1.82) is 0 Å². The van der Waals surface area contributed by atoms with Gasteiger partial charge in [-0.1, -0.05) is 15.9 Å². The number of aliphatic hydroxyl groups excluding tert-OH is 1. The molecule has 3 N–H and O–H groups in total. The monoisotopic (exact) mass is 342 g/mol. The molecule has 20 heavy (non-hydrogen) atoms. The van der Waals surface area contributed by atoms with Crippen molar-refractivity contribution in [2.24, 2.45) is 0 Å². The van der Waals surface area contributed by atoms with Crippen LogP contribution in [0, 0.1) is 0 Å². The smallest absolute Gasteiger partial charge is 0.253 e. The summed E-state index contributed by atoms with van der Waals surface area (Å²) in [6, 6.07) is 5.25. The number of carbonyl (C=O) groups excluding carboxylic acids is 1. The number of nitrogens with two attached hydrogens (primary N) is 1. The van der Waals surface area contributed by atoms with Crippen molar-refractivity contribution in [2.75, 3.05) is 32.0 Å². The van der Waals surface area contributed by atoms with Crippen molar-refractivity contribution in [2.45, 2.75) is 18.9 Å². The van der Waals surface area contributed by atoms with Gasteiger partial charge in [0.15, 0.2) is 0 Å². The van der Waals surface area contributed by atoms with Crippen LogP contribution in [0.5, 0.6) is 0 Å². The summed E-state index contributed by atoms with van der Waals surface area (Å²) in [6.07, 6.45) is 1.74. The van der Waals surface area contributed by atoms with Crippen molar-refractivity contribution in [3.05, 3.63) is 28.2 Å². The third-order valence-electron chi connectivity index (χ3n) is 3.34. The molecule has 0 spiro atoms. The zero-order chi connectivity index (χ0) is 14.5. The highest BCUT2D eigenvalue weighted by Crippen LogP contribution is 2.21. The third kappa shape index (κ3) is 3.94. The quantitative estimate of drug-likeness (QED) is 0.815. The Labute approximate surface area is 126 Å². The van der Waals surface area contributed by atoms with Crippen molar-refractivity contribution in [3.63, 3.8) is 0 Å². The minimum atomic E-state index is -0.00129. The van der Waals surface area contributed by atoms with E-state index in [2.05, 4.69) is 15.9 Å². The second-order valence-electron chi connectivity index (χ2n) is 4.86. The molecule has 1 saturated heterocycles. The van der Waals surface area contributed by atoms with Gasteiger partial charge < -0.3 is 20.5 Å². The summed E-state index contributed by atoms with van der Waals surface area (Å²) in [5.41, 5.74) is 6.94. The lowest BCUT2D eigenvalue weighted by Crippen LogP contribution is -2.41. The largest absolute Gasteiger partial charge is 0.399 e. The number of nitrogen functional groups attached to an aromatic ring is 1. The van der Waals surface area contributed by atoms with E-state index in [1.165, 1.54) is 0 Å². The summed E-state index contributed by atoms with van der Waals surface area (Å²) in [7, 11) is 0. The molecule has 0 unspecified atom stereocenters. The maximum Gasteiger partial charge on any atom is 0.253 e. The molecular weight excluding hydrogens is 324 g/mol. The number of hydrogen-bond acceptors (Lipinski definition) is 4. The molecule has 0 saturated carbocycles. The maximum atomic E-state index is 12.4. The molecule has 0 bridgehead atoms. The predicted octanol–water partition coefficient (Wildman–Crippen LogP) is 1.64. The summed E-state index contributed by atoms with van der Waals surface area (Å²) in [6.45, 7) is 1.74. The molecule has 1 aliphatic heterocycles. The second-order valence-corrected chi connectivity index (χ2v) is 5.77. The third-order valence-corrected chi connectivity index (χ3v) is 3.80. The highest BCUT2D eigenvalue weighted by atomic mass is 79.9. The fourth-order valence-corrected chi connectivity index (χ4v) is 2.87. The minimum absolute atomic E-state index is 0.00129. The first-order valence-corrected chi connectivity index (χ1v) is 7.47. The van der Waals surface area contributed by atoms with E-state index < -0.39 is 0 Å². The Morgan fingerprint density at radius 2 is 2.10 bits per heavy atom. The van der Waals surface area contributed by atoms with Gasteiger partial charge in [0.2, 0.25) is 0 Å². The SMILES string of the molecule is Nc1cc(Br)cc(C(=O)N2CCC(OCCO)CC2)c1. The number of halogens is 1. The van der Waals surface area contributed by atoms with Gasteiger partial charge in [0.1, 0.15) is 0 Å². The highest BCUT2D eigenvalue weighted by molar-refractivity contribution is 9.10. The van der Waals surface area contributed by atoms with Gasteiger partial charge in [-0.25, -0.2) is 0 Å². The number of benzene rings is 1. The molecule has 1 amide bonds. The Hall–Kier alpha value is -1.11. The van der Waals surface area contributed by atoms with E-state index in [0.717, 1.165) is 17.3 Å². The Bertz CT molecular complexity index is 453. The molecule has 1 fully saturated rings. The van der Waals surface area contributed by atoms with Crippen LogP contribution in [-0.4, -0.2) is 48.3 Å². The van der Waals surface area contributed by atoms with Crippen LogP contribution in [0.2, 0.25) is 0 Å². The van der Waals surface area contributed by atoms with Gasteiger partial charge in [-0.15, -0.1) is 0 Å². The van der Waals surface area contributed by atoms with Crippen LogP contribution < -0.4 is 5.73 Å². The van der Waals surface area contributed by atoms with Gasteiger partial charge in [0.05, 0.1) is 19.3 Å². The molecule has 0 aliphatic carbocycles. The zero-order valence-corrected chi connectivity index (χ0v) is 12.8. The van der Waals surface area contributed by atoms with E-state index in [9.17, 15) is 4.79 Å². The van der Waals surface area contributed by atoms with Crippen molar-refractivity contribution >= 4 is 27.5 Å². The number of anilines is 1. The Morgan fingerprint density at radius 3 is 2.70 bits per heavy atom. The summed E-state index contributed by atoms with van der Waals surface area (Å²) in [5, 5.41) is 8.73. The van der Waals surface area contributed by atoms with Gasteiger partial charge in [0.25, 0.3) is 5.91 Å². The normalized spacial score (nSPS) is 16.4. The molecule has 110 valence electrons. The first kappa shape index (κ1) is 15.3. The average molecular weight is 343 g/mol. The lowest BCUT2D eigenvalue weighted by molar-refractivity contribution is -0.00554. The summed E-state index contributed by atoms with van der Waals surface area (Å²) >= 11 is 3.35. The first-order chi connectivity index (χ1) is 9.60. The molecule has 0 radical (unpaired) electrons. The van der Waals surface area contributed by atoms with Gasteiger partial charge in [0, 0.05) is 28.8 Å².